The summed E-state index contributed by atoms with van der Waals surface area (Å²) < 4.78 is 10.5. The number of carbonyl (C=O) groups is 4. The second-order valence-electron chi connectivity index (χ2n) is 8.87. The van der Waals surface area contributed by atoms with Gasteiger partial charge in [-0.15, -0.1) is 0 Å². The van der Waals surface area contributed by atoms with Gasteiger partial charge in [0.1, 0.15) is 11.5 Å². The summed E-state index contributed by atoms with van der Waals surface area (Å²) in [6.45, 7) is 0. The number of hydrogen-bond acceptors (Lipinski definition) is 12. The number of ketones is 4. The van der Waals surface area contributed by atoms with Gasteiger partial charge in [-0.3, -0.25) is 19.2 Å². The molecule has 12 heteroatoms. The average Bonchev–Trinajstić information content (AvgIpc) is 2.99. The fourth-order valence-corrected chi connectivity index (χ4v) is 4.12. The monoisotopic (exact) mass is 574 g/mol. The smallest absolute Gasteiger partial charge is 0.234 e. The fraction of sp³-hybridized carbons (Fsp3) is 0.0667. The third-order valence-corrected chi connectivity index (χ3v) is 6.31. The normalized spacial score (nSPS) is 10.6. The minimum absolute atomic E-state index is 0.0358. The molecule has 0 heterocycles. The van der Waals surface area contributed by atoms with E-state index in [0.29, 0.717) is 0 Å². The molecular weight excluding hydrogens is 552 g/mol. The van der Waals surface area contributed by atoms with Gasteiger partial charge >= 0.3 is 0 Å². The van der Waals surface area contributed by atoms with Gasteiger partial charge in [0.25, 0.3) is 0 Å². The number of phenols is 6. The minimum atomic E-state index is -1.19. The molecule has 0 aromatic heterocycles. The molecule has 0 spiro atoms. The van der Waals surface area contributed by atoms with Gasteiger partial charge in [0.2, 0.25) is 23.1 Å². The summed E-state index contributed by atoms with van der Waals surface area (Å²) in [7, 11) is 2.66. The number of aromatic hydroxyl groups is 6. The highest BCUT2D eigenvalue weighted by molar-refractivity contribution is 6.52. The van der Waals surface area contributed by atoms with E-state index in [-0.39, 0.29) is 33.8 Å². The van der Waals surface area contributed by atoms with Gasteiger partial charge in [-0.2, -0.15) is 0 Å². The number of ether oxygens (including phenoxy) is 2. The zero-order valence-corrected chi connectivity index (χ0v) is 21.9. The van der Waals surface area contributed by atoms with Crippen LogP contribution in [0, 0.1) is 0 Å². The minimum Gasteiger partial charge on any atom is -0.504 e. The SMILES string of the molecule is COc1ccc(C(=O)C(=O)c2cc(O)c(O)c(O)c2)c(-c2cc(OC)ccc2C(=O)C(=O)c2cc(O)c(O)c(O)c2)c1. The van der Waals surface area contributed by atoms with Crippen molar-refractivity contribution in [2.24, 2.45) is 0 Å². The second kappa shape index (κ2) is 11.2. The van der Waals surface area contributed by atoms with E-state index >= 15 is 0 Å². The molecule has 12 nitrogen and oxygen atoms in total. The molecule has 0 unspecified atom stereocenters. The molecule has 0 saturated carbocycles. The van der Waals surface area contributed by atoms with Crippen molar-refractivity contribution in [3.63, 3.8) is 0 Å². The summed E-state index contributed by atoms with van der Waals surface area (Å²) in [6.07, 6.45) is 0. The number of methoxy groups -OCH3 is 2. The van der Waals surface area contributed by atoms with E-state index < -0.39 is 68.8 Å². The van der Waals surface area contributed by atoms with E-state index in [1.165, 1.54) is 50.6 Å². The van der Waals surface area contributed by atoms with Crippen LogP contribution in [0.5, 0.6) is 46.0 Å². The van der Waals surface area contributed by atoms with E-state index in [9.17, 15) is 49.8 Å². The zero-order valence-electron chi connectivity index (χ0n) is 21.9. The predicted octanol–water partition coefficient (Wildman–Crippen LogP) is 3.74. The fourth-order valence-electron chi connectivity index (χ4n) is 4.12. The number of phenolic OH excluding ortho intramolecular Hbond substituents is 6. The van der Waals surface area contributed by atoms with Crippen molar-refractivity contribution < 1.29 is 59.3 Å². The Morgan fingerprint density at radius 1 is 0.476 bits per heavy atom. The average molecular weight is 574 g/mol. The van der Waals surface area contributed by atoms with Crippen LogP contribution in [0.3, 0.4) is 0 Å². The molecule has 0 aliphatic rings. The molecule has 0 saturated heterocycles. The van der Waals surface area contributed by atoms with Gasteiger partial charge in [-0.1, -0.05) is 0 Å². The quantitative estimate of drug-likeness (QED) is 0.0960. The largest absolute Gasteiger partial charge is 0.504 e. The number of hydrogen-bond donors (Lipinski definition) is 6. The summed E-state index contributed by atoms with van der Waals surface area (Å²) in [5.74, 6) is -9.38. The topological polar surface area (TPSA) is 208 Å². The highest BCUT2D eigenvalue weighted by Crippen LogP contribution is 2.39. The molecule has 42 heavy (non-hydrogen) atoms. The first-order chi connectivity index (χ1) is 19.9. The summed E-state index contributed by atoms with van der Waals surface area (Å²) in [5.41, 5.74) is -1.49. The summed E-state index contributed by atoms with van der Waals surface area (Å²) in [4.78, 5) is 53.2. The third-order valence-electron chi connectivity index (χ3n) is 6.31. The van der Waals surface area contributed by atoms with Crippen LogP contribution < -0.4 is 9.47 Å². The van der Waals surface area contributed by atoms with Gasteiger partial charge in [0.15, 0.2) is 34.5 Å². The third kappa shape index (κ3) is 5.23. The van der Waals surface area contributed by atoms with Crippen molar-refractivity contribution in [2.45, 2.75) is 0 Å². The molecule has 0 fully saturated rings. The van der Waals surface area contributed by atoms with Crippen molar-refractivity contribution in [1.82, 2.24) is 0 Å². The van der Waals surface area contributed by atoms with Crippen molar-refractivity contribution in [1.29, 1.82) is 0 Å². The Bertz CT molecular complexity index is 1610. The maximum Gasteiger partial charge on any atom is 0.234 e. The molecule has 0 bridgehead atoms. The van der Waals surface area contributed by atoms with Crippen LogP contribution in [-0.2, 0) is 0 Å². The zero-order chi connectivity index (χ0) is 30.9. The summed E-state index contributed by atoms with van der Waals surface area (Å²) in [5, 5.41) is 58.5. The predicted molar refractivity (Wildman–Crippen MR) is 145 cm³/mol. The first kappa shape index (κ1) is 29.0. The molecule has 4 aromatic rings. The Labute approximate surface area is 236 Å². The van der Waals surface area contributed by atoms with Crippen molar-refractivity contribution in [2.75, 3.05) is 14.2 Å². The lowest BCUT2D eigenvalue weighted by atomic mass is 9.88. The molecule has 4 rings (SSSR count). The molecular formula is C30H22O12. The molecule has 0 aliphatic carbocycles. The van der Waals surface area contributed by atoms with Crippen LogP contribution in [0.25, 0.3) is 11.1 Å². The molecule has 0 amide bonds. The van der Waals surface area contributed by atoms with Crippen LogP contribution in [0.4, 0.5) is 0 Å². The lowest BCUT2D eigenvalue weighted by Crippen LogP contribution is -2.18. The molecule has 0 aliphatic heterocycles. The second-order valence-corrected chi connectivity index (χ2v) is 8.87. The van der Waals surface area contributed by atoms with Gasteiger partial charge in [0, 0.05) is 22.3 Å². The van der Waals surface area contributed by atoms with Crippen molar-refractivity contribution in [3.05, 3.63) is 82.9 Å². The number of Topliss-reactive ketones (excluding diaryl/α,β-unsaturated/α-hetero) is 4. The Balaban J connectivity index is 1.89. The molecule has 4 aromatic carbocycles. The van der Waals surface area contributed by atoms with Crippen molar-refractivity contribution in [3.8, 4) is 57.1 Å². The lowest BCUT2D eigenvalue weighted by molar-refractivity contribution is 0.0815. The molecule has 6 N–H and O–H groups in total. The maximum absolute atomic E-state index is 13.5. The van der Waals surface area contributed by atoms with Crippen LogP contribution >= 0.6 is 0 Å². The van der Waals surface area contributed by atoms with Crippen molar-refractivity contribution >= 4 is 23.1 Å². The van der Waals surface area contributed by atoms with E-state index in [1.807, 2.05) is 0 Å². The Morgan fingerprint density at radius 2 is 0.786 bits per heavy atom. The first-order valence-corrected chi connectivity index (χ1v) is 11.9. The highest BCUT2D eigenvalue weighted by atomic mass is 16.5. The molecule has 0 atom stereocenters. The van der Waals surface area contributed by atoms with Gasteiger partial charge in [-0.05, 0) is 71.8 Å². The Hall–Kier alpha value is -6.04. The van der Waals surface area contributed by atoms with E-state index in [1.54, 1.807) is 0 Å². The van der Waals surface area contributed by atoms with Crippen LogP contribution in [0.15, 0.2) is 60.7 Å². The van der Waals surface area contributed by atoms with E-state index in [0.717, 1.165) is 24.3 Å². The van der Waals surface area contributed by atoms with Crippen LogP contribution in [0.2, 0.25) is 0 Å². The summed E-state index contributed by atoms with van der Waals surface area (Å²) >= 11 is 0. The molecule has 214 valence electrons. The maximum atomic E-state index is 13.5. The highest BCUT2D eigenvalue weighted by Gasteiger charge is 2.29. The standard InChI is InChI=1S/C30H22O12/c1-41-15-3-5-17(27(37)25(35)13-7-21(31)29(39)22(32)8-13)19(11-15)20-12-16(42-2)4-6-18(20)28(38)26(36)14-9-23(33)30(40)24(34)10-14/h3-12,31-34,39-40H,1-2H3. The summed E-state index contributed by atoms with van der Waals surface area (Å²) in [6, 6.07) is 11.0. The van der Waals surface area contributed by atoms with Crippen LogP contribution in [-0.4, -0.2) is 68.0 Å². The van der Waals surface area contributed by atoms with Crippen LogP contribution in [0.1, 0.15) is 41.4 Å². The number of carbonyl (C=O) groups excluding carboxylic acids is 4. The Kier molecular flexibility index (Phi) is 7.73. The molecule has 0 radical (unpaired) electrons. The van der Waals surface area contributed by atoms with E-state index in [2.05, 4.69) is 0 Å². The van der Waals surface area contributed by atoms with Gasteiger partial charge < -0.3 is 40.1 Å². The lowest BCUT2D eigenvalue weighted by Gasteiger charge is -2.15. The van der Waals surface area contributed by atoms with E-state index in [4.69, 9.17) is 9.47 Å². The number of rotatable bonds is 9. The van der Waals surface area contributed by atoms with Gasteiger partial charge in [-0.25, -0.2) is 0 Å². The van der Waals surface area contributed by atoms with Gasteiger partial charge in [0.05, 0.1) is 14.2 Å². The first-order valence-electron chi connectivity index (χ1n) is 11.9. The Morgan fingerprint density at radius 3 is 1.07 bits per heavy atom. The number of benzene rings is 4.